The fraction of sp³-hybridized carbons (Fsp3) is 0.741. The van der Waals surface area contributed by atoms with Crippen LogP contribution in [0.1, 0.15) is 57.4 Å². The average molecular weight is 441 g/mol. The van der Waals surface area contributed by atoms with E-state index in [1.54, 1.807) is 0 Å². The minimum absolute atomic E-state index is 0.249. The molecule has 4 rings (SSSR count). The number of benzene rings is 1. The second-order valence-electron chi connectivity index (χ2n) is 10.5. The maximum Gasteiger partial charge on any atom is 0.219 e. The number of carbonyl (C=O) groups excluding carboxylic acids is 1. The molecule has 1 amide bonds. The number of fused-ring (bicyclic) bond motifs is 2. The number of nitrogens with one attached hydrogen (secondary N) is 2. The molecule has 0 radical (unpaired) electrons. The van der Waals surface area contributed by atoms with E-state index in [0.29, 0.717) is 12.5 Å². The van der Waals surface area contributed by atoms with Crippen molar-refractivity contribution in [3.63, 3.8) is 0 Å². The first-order valence-corrected chi connectivity index (χ1v) is 13.2. The largest absolute Gasteiger partial charge is 0.356 e. The molecule has 5 heteroatoms. The zero-order chi connectivity index (χ0) is 22.2. The number of hydrogen-bond donors (Lipinski definition) is 2. The summed E-state index contributed by atoms with van der Waals surface area (Å²) in [6.07, 6.45) is 7.88. The second kappa shape index (κ2) is 12.2. The Kier molecular flexibility index (Phi) is 9.01. The maximum absolute atomic E-state index is 12.3. The number of carbonyl (C=O) groups is 1. The number of rotatable bonds is 10. The first kappa shape index (κ1) is 23.7. The highest BCUT2D eigenvalue weighted by Crippen LogP contribution is 2.31. The van der Waals surface area contributed by atoms with E-state index in [1.807, 2.05) is 0 Å². The van der Waals surface area contributed by atoms with Gasteiger partial charge >= 0.3 is 0 Å². The Morgan fingerprint density at radius 1 is 1.09 bits per heavy atom. The van der Waals surface area contributed by atoms with Crippen molar-refractivity contribution < 1.29 is 4.79 Å². The predicted octanol–water partition coefficient (Wildman–Crippen LogP) is 3.51. The van der Waals surface area contributed by atoms with Gasteiger partial charge in [0.25, 0.3) is 0 Å². The quantitative estimate of drug-likeness (QED) is 0.585. The molecule has 3 heterocycles. The molecule has 178 valence electrons. The molecule has 1 unspecified atom stereocenters. The summed E-state index contributed by atoms with van der Waals surface area (Å²) < 4.78 is 0. The molecular weight excluding hydrogens is 396 g/mol. The molecule has 0 aliphatic carbocycles. The Bertz CT molecular complexity index is 688. The third kappa shape index (κ3) is 7.03. The van der Waals surface area contributed by atoms with Crippen LogP contribution in [0.2, 0.25) is 0 Å². The monoisotopic (exact) mass is 440 g/mol. The summed E-state index contributed by atoms with van der Waals surface area (Å²) in [5, 5.41) is 7.00. The Hall–Kier alpha value is -1.43. The molecule has 3 saturated heterocycles. The number of likely N-dealkylation sites (tertiary alicyclic amines) is 2. The Labute approximate surface area is 195 Å². The smallest absolute Gasteiger partial charge is 0.219 e. The van der Waals surface area contributed by atoms with Gasteiger partial charge in [-0.2, -0.15) is 0 Å². The van der Waals surface area contributed by atoms with Crippen LogP contribution in [0.4, 0.5) is 0 Å². The first-order chi connectivity index (χ1) is 15.7. The van der Waals surface area contributed by atoms with Crippen LogP contribution in [0, 0.1) is 17.8 Å². The average Bonchev–Trinajstić information content (AvgIpc) is 2.82. The zero-order valence-electron chi connectivity index (χ0n) is 20.1. The van der Waals surface area contributed by atoms with Crippen LogP contribution >= 0.6 is 0 Å². The van der Waals surface area contributed by atoms with Crippen molar-refractivity contribution in [2.45, 2.75) is 64.5 Å². The van der Waals surface area contributed by atoms with Crippen molar-refractivity contribution in [1.29, 1.82) is 0 Å². The van der Waals surface area contributed by atoms with Crippen LogP contribution in [0.5, 0.6) is 0 Å². The molecule has 2 bridgehead atoms. The van der Waals surface area contributed by atoms with E-state index in [9.17, 15) is 4.79 Å². The zero-order valence-corrected chi connectivity index (χ0v) is 20.1. The number of nitrogens with zero attached hydrogens (tertiary/aromatic N) is 2. The maximum atomic E-state index is 12.3. The van der Waals surface area contributed by atoms with E-state index in [4.69, 9.17) is 0 Å². The van der Waals surface area contributed by atoms with Gasteiger partial charge in [0, 0.05) is 38.6 Å². The van der Waals surface area contributed by atoms with Crippen LogP contribution in [0.3, 0.4) is 0 Å². The summed E-state index contributed by atoms with van der Waals surface area (Å²) in [4.78, 5) is 17.5. The van der Waals surface area contributed by atoms with E-state index < -0.39 is 0 Å². The minimum Gasteiger partial charge on any atom is -0.356 e. The molecule has 0 saturated carbocycles. The van der Waals surface area contributed by atoms with Gasteiger partial charge in [0.1, 0.15) is 0 Å². The van der Waals surface area contributed by atoms with Gasteiger partial charge in [0.05, 0.1) is 0 Å². The predicted molar refractivity (Wildman–Crippen MR) is 131 cm³/mol. The normalized spacial score (nSPS) is 27.3. The lowest BCUT2D eigenvalue weighted by Gasteiger charge is -2.46. The Morgan fingerprint density at radius 2 is 1.91 bits per heavy atom. The summed E-state index contributed by atoms with van der Waals surface area (Å²) in [7, 11) is 0. The van der Waals surface area contributed by atoms with Crippen molar-refractivity contribution in [3.8, 4) is 0 Å². The van der Waals surface area contributed by atoms with Gasteiger partial charge in [-0.25, -0.2) is 0 Å². The number of hydrogen-bond acceptors (Lipinski definition) is 4. The summed E-state index contributed by atoms with van der Waals surface area (Å²) in [5.41, 5.74) is 1.42. The highest BCUT2D eigenvalue weighted by atomic mass is 16.1. The summed E-state index contributed by atoms with van der Waals surface area (Å²) in [6.45, 7) is 11.3. The number of piperidine rings is 3. The fourth-order valence-electron chi connectivity index (χ4n) is 6.16. The lowest BCUT2D eigenvalue weighted by Crippen LogP contribution is -2.55. The molecule has 3 aliphatic heterocycles. The lowest BCUT2D eigenvalue weighted by atomic mass is 9.79. The topological polar surface area (TPSA) is 47.6 Å². The van der Waals surface area contributed by atoms with Gasteiger partial charge in [0.15, 0.2) is 0 Å². The summed E-state index contributed by atoms with van der Waals surface area (Å²) in [5.74, 6) is 2.55. The van der Waals surface area contributed by atoms with E-state index in [2.05, 4.69) is 57.7 Å². The first-order valence-electron chi connectivity index (χ1n) is 13.2. The van der Waals surface area contributed by atoms with Crippen molar-refractivity contribution >= 4 is 5.91 Å². The van der Waals surface area contributed by atoms with Gasteiger partial charge in [-0.05, 0) is 88.0 Å². The standard InChI is InChI=1S/C27H44N4O/c1-2-30-15-12-22(13-16-30)11-14-28-27(32)10-6-9-26-25-17-24(18-29-26)20-31(21-25)19-23-7-4-3-5-8-23/h3-5,7-8,22,24-26,29H,2,6,9-21H2,1H3,(H,28,32)/t24-,25?,26+/m0/s1. The van der Waals surface area contributed by atoms with E-state index >= 15 is 0 Å². The Balaban J connectivity index is 1.11. The third-order valence-corrected chi connectivity index (χ3v) is 8.08. The third-order valence-electron chi connectivity index (χ3n) is 8.08. The van der Waals surface area contributed by atoms with Gasteiger partial charge in [-0.3, -0.25) is 9.69 Å². The molecule has 1 aromatic carbocycles. The summed E-state index contributed by atoms with van der Waals surface area (Å²) >= 11 is 0. The van der Waals surface area contributed by atoms with Crippen molar-refractivity contribution in [2.24, 2.45) is 17.8 Å². The van der Waals surface area contributed by atoms with Gasteiger partial charge in [-0.15, -0.1) is 0 Å². The minimum atomic E-state index is 0.249. The molecular formula is C27H44N4O. The second-order valence-corrected chi connectivity index (χ2v) is 10.5. The van der Waals surface area contributed by atoms with Crippen molar-refractivity contribution in [1.82, 2.24) is 20.4 Å². The van der Waals surface area contributed by atoms with Gasteiger partial charge in [-0.1, -0.05) is 37.3 Å². The van der Waals surface area contributed by atoms with E-state index in [0.717, 1.165) is 56.7 Å². The van der Waals surface area contributed by atoms with Crippen molar-refractivity contribution in [3.05, 3.63) is 35.9 Å². The number of amides is 1. The highest BCUT2D eigenvalue weighted by molar-refractivity contribution is 5.75. The lowest BCUT2D eigenvalue weighted by molar-refractivity contribution is -0.121. The van der Waals surface area contributed by atoms with Crippen LogP contribution in [-0.2, 0) is 11.3 Å². The molecule has 0 aromatic heterocycles. The van der Waals surface area contributed by atoms with Crippen molar-refractivity contribution in [2.75, 3.05) is 45.8 Å². The molecule has 3 aliphatic rings. The van der Waals surface area contributed by atoms with Gasteiger partial charge < -0.3 is 15.5 Å². The van der Waals surface area contributed by atoms with Gasteiger partial charge in [0.2, 0.25) is 5.91 Å². The molecule has 1 aromatic rings. The Morgan fingerprint density at radius 3 is 2.69 bits per heavy atom. The van der Waals surface area contributed by atoms with E-state index in [1.165, 1.54) is 57.5 Å². The van der Waals surface area contributed by atoms with Crippen LogP contribution in [0.25, 0.3) is 0 Å². The van der Waals surface area contributed by atoms with Crippen LogP contribution in [0.15, 0.2) is 30.3 Å². The molecule has 3 fully saturated rings. The van der Waals surface area contributed by atoms with Crippen LogP contribution in [-0.4, -0.2) is 67.6 Å². The molecule has 2 N–H and O–H groups in total. The highest BCUT2D eigenvalue weighted by Gasteiger charge is 2.36. The SMILES string of the molecule is CCN1CCC(CCNC(=O)CCC[C@H]2NC[C@@H]3CC2CN(Cc2ccccc2)C3)CC1. The van der Waals surface area contributed by atoms with Crippen LogP contribution < -0.4 is 10.6 Å². The molecule has 32 heavy (non-hydrogen) atoms. The summed E-state index contributed by atoms with van der Waals surface area (Å²) in [6, 6.07) is 11.4. The van der Waals surface area contributed by atoms with E-state index in [-0.39, 0.29) is 5.91 Å². The molecule has 0 spiro atoms. The molecule has 3 atom stereocenters. The fourth-order valence-corrected chi connectivity index (χ4v) is 6.16. The molecule has 5 nitrogen and oxygen atoms in total.